The number of aliphatic hydroxyl groups excluding tert-OH is 3. The number of carbonyl (C=O) groups excluding carboxylic acids is 1. The van der Waals surface area contributed by atoms with E-state index in [1.165, 1.54) is 6.07 Å². The van der Waals surface area contributed by atoms with Crippen LogP contribution >= 0.6 is 0 Å². The third-order valence-corrected chi connectivity index (χ3v) is 6.99. The van der Waals surface area contributed by atoms with Gasteiger partial charge in [-0.1, -0.05) is 13.8 Å². The Kier molecular flexibility index (Phi) is 6.77. The van der Waals surface area contributed by atoms with Crippen LogP contribution in [0.25, 0.3) is 22.3 Å². The van der Waals surface area contributed by atoms with Gasteiger partial charge in [0.15, 0.2) is 6.10 Å². The largest absolute Gasteiger partial charge is 0.458 e. The first-order chi connectivity index (χ1) is 16.9. The fraction of sp³-hybridized carbons (Fsp3) is 0.423. The highest BCUT2D eigenvalue weighted by Crippen LogP contribution is 2.45. The van der Waals surface area contributed by atoms with Crippen LogP contribution in [0.15, 0.2) is 16.9 Å². The van der Waals surface area contributed by atoms with Gasteiger partial charge in [-0.25, -0.2) is 14.2 Å². The molecule has 3 aliphatic rings. The molecule has 0 spiro atoms. The maximum atomic E-state index is 14.6. The molecule has 35 heavy (non-hydrogen) atoms. The smallest absolute Gasteiger partial charge is 0.340 e. The van der Waals surface area contributed by atoms with Gasteiger partial charge in [0.2, 0.25) is 0 Å². The second kappa shape index (κ2) is 9.49. The number of esters is 1. The van der Waals surface area contributed by atoms with Crippen molar-refractivity contribution in [1.82, 2.24) is 9.55 Å². The van der Waals surface area contributed by atoms with E-state index in [0.29, 0.717) is 35.3 Å². The van der Waals surface area contributed by atoms with Gasteiger partial charge in [0, 0.05) is 42.2 Å². The zero-order chi connectivity index (χ0) is 25.6. The summed E-state index contributed by atoms with van der Waals surface area (Å²) in [7, 11) is 1.00. The van der Waals surface area contributed by atoms with Gasteiger partial charge >= 0.3 is 5.97 Å². The number of rotatable bonds is 1. The van der Waals surface area contributed by atoms with E-state index in [-0.39, 0.29) is 48.2 Å². The molecule has 1 unspecified atom stereocenters. The molecule has 0 saturated carbocycles. The predicted molar refractivity (Wildman–Crippen MR) is 128 cm³/mol. The van der Waals surface area contributed by atoms with Crippen LogP contribution in [0.3, 0.4) is 0 Å². The van der Waals surface area contributed by atoms with Crippen molar-refractivity contribution in [3.8, 4) is 11.4 Å². The van der Waals surface area contributed by atoms with Gasteiger partial charge in [0.05, 0.1) is 29.0 Å². The Morgan fingerprint density at radius 3 is 2.57 bits per heavy atom. The SMILES string of the molecule is CC.CO.Cc1c(F)cc2nc3c(c4c2c1CC[C@H]4CO)Cn1c-3cc2c(c1=O)COC(=O)C2O. The number of aliphatic hydroxyl groups is 3. The van der Waals surface area contributed by atoms with Crippen LogP contribution in [0.4, 0.5) is 4.39 Å². The Labute approximate surface area is 201 Å². The number of aryl methyl sites for hydroxylation is 1. The van der Waals surface area contributed by atoms with Gasteiger partial charge < -0.3 is 24.6 Å². The van der Waals surface area contributed by atoms with Gasteiger partial charge in [-0.05, 0) is 42.5 Å². The lowest BCUT2D eigenvalue weighted by Crippen LogP contribution is -2.32. The average Bonchev–Trinajstić information content (AvgIpc) is 3.26. The minimum Gasteiger partial charge on any atom is -0.458 e. The first-order valence-electron chi connectivity index (χ1n) is 11.7. The highest BCUT2D eigenvalue weighted by molar-refractivity contribution is 5.93. The summed E-state index contributed by atoms with van der Waals surface area (Å²) in [6.07, 6.45) is -0.185. The first kappa shape index (κ1) is 25.0. The van der Waals surface area contributed by atoms with Gasteiger partial charge in [-0.2, -0.15) is 0 Å². The second-order valence-electron chi connectivity index (χ2n) is 8.49. The third-order valence-electron chi connectivity index (χ3n) is 6.99. The van der Waals surface area contributed by atoms with Crippen molar-refractivity contribution in [2.45, 2.75) is 58.8 Å². The van der Waals surface area contributed by atoms with Crippen LogP contribution in [0, 0.1) is 12.7 Å². The molecular formula is C26H29FN2O6. The average molecular weight is 485 g/mol. The summed E-state index contributed by atoms with van der Waals surface area (Å²) in [5.41, 5.74) is 4.89. The lowest BCUT2D eigenvalue weighted by Gasteiger charge is -2.28. The number of carbonyl (C=O) groups is 1. The highest BCUT2D eigenvalue weighted by Gasteiger charge is 2.37. The van der Waals surface area contributed by atoms with Gasteiger partial charge in [0.25, 0.3) is 5.56 Å². The van der Waals surface area contributed by atoms with Crippen LogP contribution in [0.5, 0.6) is 0 Å². The highest BCUT2D eigenvalue weighted by atomic mass is 19.1. The molecule has 2 aliphatic heterocycles. The third kappa shape index (κ3) is 3.57. The molecule has 186 valence electrons. The number of cyclic esters (lactones) is 1. The molecule has 6 rings (SSSR count). The Hall–Kier alpha value is -3.14. The number of hydrogen-bond donors (Lipinski definition) is 3. The molecule has 0 fully saturated rings. The normalized spacial score (nSPS) is 18.9. The number of aromatic nitrogens is 2. The van der Waals surface area contributed by atoms with E-state index in [2.05, 4.69) is 0 Å². The summed E-state index contributed by atoms with van der Waals surface area (Å²) in [6.45, 7) is 5.79. The monoisotopic (exact) mass is 484 g/mol. The maximum Gasteiger partial charge on any atom is 0.340 e. The molecular weight excluding hydrogens is 455 g/mol. The van der Waals surface area contributed by atoms with Crippen molar-refractivity contribution < 1.29 is 29.2 Å². The number of hydrogen-bond acceptors (Lipinski definition) is 7. The van der Waals surface area contributed by atoms with Gasteiger partial charge in [-0.15, -0.1) is 0 Å². The molecule has 3 N–H and O–H groups in total. The quantitative estimate of drug-likeness (QED) is 0.355. The van der Waals surface area contributed by atoms with E-state index in [0.717, 1.165) is 29.2 Å². The van der Waals surface area contributed by atoms with E-state index in [9.17, 15) is 24.2 Å². The molecule has 0 radical (unpaired) electrons. The lowest BCUT2D eigenvalue weighted by molar-refractivity contribution is -0.157. The zero-order valence-electron chi connectivity index (χ0n) is 20.2. The number of nitrogens with zero attached hydrogens (tertiary/aromatic N) is 2. The van der Waals surface area contributed by atoms with Crippen LogP contribution in [0.2, 0.25) is 0 Å². The van der Waals surface area contributed by atoms with E-state index in [1.807, 2.05) is 13.8 Å². The van der Waals surface area contributed by atoms with Crippen molar-refractivity contribution in [2.75, 3.05) is 13.7 Å². The molecule has 2 atom stereocenters. The van der Waals surface area contributed by atoms with Crippen LogP contribution in [-0.4, -0.2) is 44.6 Å². The first-order valence-corrected chi connectivity index (χ1v) is 11.7. The zero-order valence-corrected chi connectivity index (χ0v) is 20.2. The number of fused-ring (bicyclic) bond motifs is 5. The summed E-state index contributed by atoms with van der Waals surface area (Å²) >= 11 is 0. The summed E-state index contributed by atoms with van der Waals surface area (Å²) in [5.74, 6) is -1.26. The number of benzene rings is 1. The second-order valence-corrected chi connectivity index (χ2v) is 8.49. The molecule has 3 aromatic rings. The van der Waals surface area contributed by atoms with Crippen LogP contribution < -0.4 is 5.56 Å². The van der Waals surface area contributed by atoms with Crippen LogP contribution in [0.1, 0.15) is 65.7 Å². The number of ether oxygens (including phenoxy) is 1. The number of pyridine rings is 2. The Balaban J connectivity index is 0.000000689. The molecule has 0 amide bonds. The Bertz CT molecular complexity index is 1400. The van der Waals surface area contributed by atoms with Gasteiger partial charge in [0.1, 0.15) is 12.4 Å². The van der Waals surface area contributed by atoms with Crippen molar-refractivity contribution >= 4 is 16.9 Å². The van der Waals surface area contributed by atoms with Crippen molar-refractivity contribution in [1.29, 1.82) is 0 Å². The molecule has 8 nitrogen and oxygen atoms in total. The minimum absolute atomic E-state index is 0.0514. The van der Waals surface area contributed by atoms with E-state index >= 15 is 0 Å². The standard InChI is InChI=1S/C23H19FN2O5.C2H6.CH4O/c1-9-11-3-2-10(7-27)18-13-6-26-17(20(13)25-16(19(11)18)5-15(9)24)4-12-14(22(26)29)8-31-23(30)21(12)28;2*1-2/h4-5,10,21,27-28H,2-3,6-8H2,1H3;1-2H3;2H,1H3/t10-,21?;;/m0../s1. The molecule has 9 heteroatoms. The fourth-order valence-corrected chi connectivity index (χ4v) is 5.38. The molecule has 4 heterocycles. The maximum absolute atomic E-state index is 14.6. The molecule has 2 aromatic heterocycles. The predicted octanol–water partition coefficient (Wildman–Crippen LogP) is 2.62. The Morgan fingerprint density at radius 1 is 1.17 bits per heavy atom. The topological polar surface area (TPSA) is 122 Å². The van der Waals surface area contributed by atoms with E-state index < -0.39 is 12.1 Å². The lowest BCUT2D eigenvalue weighted by atomic mass is 9.78. The van der Waals surface area contributed by atoms with Gasteiger partial charge in [-0.3, -0.25) is 4.79 Å². The van der Waals surface area contributed by atoms with Crippen LogP contribution in [-0.2, 0) is 29.1 Å². The van der Waals surface area contributed by atoms with Crippen molar-refractivity contribution in [3.05, 3.63) is 61.7 Å². The number of halogens is 1. The summed E-state index contributed by atoms with van der Waals surface area (Å²) in [6, 6.07) is 3.02. The van der Waals surface area contributed by atoms with Crippen molar-refractivity contribution in [2.24, 2.45) is 0 Å². The van der Waals surface area contributed by atoms with E-state index in [1.54, 1.807) is 17.6 Å². The molecule has 0 saturated heterocycles. The molecule has 1 aliphatic carbocycles. The fourth-order valence-electron chi connectivity index (χ4n) is 5.38. The summed E-state index contributed by atoms with van der Waals surface area (Å²) < 4.78 is 21.1. The summed E-state index contributed by atoms with van der Waals surface area (Å²) in [5, 5.41) is 28.2. The minimum atomic E-state index is -1.53. The molecule has 1 aromatic carbocycles. The van der Waals surface area contributed by atoms with Crippen molar-refractivity contribution in [3.63, 3.8) is 0 Å². The molecule has 0 bridgehead atoms. The Morgan fingerprint density at radius 2 is 1.89 bits per heavy atom. The van der Waals surface area contributed by atoms with E-state index in [4.69, 9.17) is 14.8 Å². The summed E-state index contributed by atoms with van der Waals surface area (Å²) in [4.78, 5) is 29.7.